The van der Waals surface area contributed by atoms with Crippen LogP contribution < -0.4 is 14.8 Å². The van der Waals surface area contributed by atoms with Gasteiger partial charge in [-0.3, -0.25) is 14.9 Å². The standard InChI is InChI=1S/C17H13ClN2O5/c18-13-4-2-1-3-12(13)9-19-17(21)6-5-11-7-15-16(25-10-24-15)8-14(11)20(22)23/h1-8H,9-10H2,(H,19,21)/b6-5+. The number of ether oxygens (including phenoxy) is 2. The van der Waals surface area contributed by atoms with Crippen LogP contribution in [0.4, 0.5) is 5.69 Å². The molecule has 0 saturated carbocycles. The lowest BCUT2D eigenvalue weighted by molar-refractivity contribution is -0.385. The van der Waals surface area contributed by atoms with Crippen LogP contribution in [0.2, 0.25) is 5.02 Å². The molecule has 128 valence electrons. The summed E-state index contributed by atoms with van der Waals surface area (Å²) in [5, 5.41) is 14.4. The van der Waals surface area contributed by atoms with E-state index in [1.54, 1.807) is 18.2 Å². The third kappa shape index (κ3) is 3.89. The van der Waals surface area contributed by atoms with Crippen molar-refractivity contribution in [2.24, 2.45) is 0 Å². The zero-order valence-electron chi connectivity index (χ0n) is 12.9. The van der Waals surface area contributed by atoms with Crippen molar-refractivity contribution in [2.75, 3.05) is 6.79 Å². The third-order valence-electron chi connectivity index (χ3n) is 3.54. The Labute approximate surface area is 148 Å². The molecule has 0 bridgehead atoms. The molecule has 1 aliphatic rings. The smallest absolute Gasteiger partial charge is 0.280 e. The van der Waals surface area contributed by atoms with E-state index in [1.807, 2.05) is 6.07 Å². The van der Waals surface area contributed by atoms with Gasteiger partial charge in [-0.1, -0.05) is 29.8 Å². The van der Waals surface area contributed by atoms with Crippen molar-refractivity contribution in [3.05, 3.63) is 68.7 Å². The molecule has 0 spiro atoms. The molecule has 0 aliphatic carbocycles. The summed E-state index contributed by atoms with van der Waals surface area (Å²) >= 11 is 6.02. The molecule has 1 N–H and O–H groups in total. The summed E-state index contributed by atoms with van der Waals surface area (Å²) in [5.74, 6) is 0.320. The fourth-order valence-corrected chi connectivity index (χ4v) is 2.49. The zero-order valence-corrected chi connectivity index (χ0v) is 13.7. The lowest BCUT2D eigenvalue weighted by atomic mass is 10.1. The fourth-order valence-electron chi connectivity index (χ4n) is 2.29. The number of halogens is 1. The molecule has 1 heterocycles. The van der Waals surface area contributed by atoms with E-state index in [9.17, 15) is 14.9 Å². The Bertz CT molecular complexity index is 866. The maximum absolute atomic E-state index is 11.9. The van der Waals surface area contributed by atoms with Gasteiger partial charge in [0.15, 0.2) is 11.5 Å². The number of nitro groups is 1. The first kappa shape index (κ1) is 16.8. The molecule has 0 aromatic heterocycles. The van der Waals surface area contributed by atoms with Crippen molar-refractivity contribution in [1.29, 1.82) is 0 Å². The molecule has 0 radical (unpaired) electrons. The highest BCUT2D eigenvalue weighted by Crippen LogP contribution is 2.38. The average molecular weight is 361 g/mol. The Balaban J connectivity index is 1.72. The van der Waals surface area contributed by atoms with Crippen molar-refractivity contribution in [1.82, 2.24) is 5.32 Å². The maximum atomic E-state index is 11.9. The summed E-state index contributed by atoms with van der Waals surface area (Å²) in [6.07, 6.45) is 2.59. The van der Waals surface area contributed by atoms with Gasteiger partial charge in [-0.2, -0.15) is 0 Å². The number of hydrogen-bond donors (Lipinski definition) is 1. The van der Waals surface area contributed by atoms with Gasteiger partial charge in [-0.25, -0.2) is 0 Å². The fraction of sp³-hybridized carbons (Fsp3) is 0.118. The number of carbonyl (C=O) groups is 1. The molecular formula is C17H13ClN2O5. The van der Waals surface area contributed by atoms with Crippen molar-refractivity contribution in [3.63, 3.8) is 0 Å². The lowest BCUT2D eigenvalue weighted by Crippen LogP contribution is -2.20. The van der Waals surface area contributed by atoms with Gasteiger partial charge in [0.05, 0.1) is 16.6 Å². The van der Waals surface area contributed by atoms with Crippen LogP contribution in [0.5, 0.6) is 11.5 Å². The summed E-state index contributed by atoms with van der Waals surface area (Å²) in [4.78, 5) is 22.6. The van der Waals surface area contributed by atoms with Crippen LogP contribution in [-0.2, 0) is 11.3 Å². The number of rotatable bonds is 5. The molecule has 0 fully saturated rings. The Morgan fingerprint density at radius 3 is 2.72 bits per heavy atom. The van der Waals surface area contributed by atoms with E-state index in [2.05, 4.69) is 5.32 Å². The lowest BCUT2D eigenvalue weighted by Gasteiger charge is -2.04. The van der Waals surface area contributed by atoms with Crippen LogP contribution in [-0.4, -0.2) is 17.6 Å². The number of nitrogens with one attached hydrogen (secondary N) is 1. The van der Waals surface area contributed by atoms with E-state index >= 15 is 0 Å². The van der Waals surface area contributed by atoms with E-state index in [-0.39, 0.29) is 24.6 Å². The van der Waals surface area contributed by atoms with E-state index in [0.717, 1.165) is 5.56 Å². The van der Waals surface area contributed by atoms with Crippen LogP contribution in [0.15, 0.2) is 42.5 Å². The predicted octanol–water partition coefficient (Wildman–Crippen LogP) is 3.31. The quantitative estimate of drug-likeness (QED) is 0.502. The van der Waals surface area contributed by atoms with E-state index < -0.39 is 10.8 Å². The van der Waals surface area contributed by atoms with Crippen molar-refractivity contribution >= 4 is 29.3 Å². The molecule has 3 rings (SSSR count). The zero-order chi connectivity index (χ0) is 17.8. The summed E-state index contributed by atoms with van der Waals surface area (Å²) in [6.45, 7) is 0.268. The van der Waals surface area contributed by atoms with Crippen molar-refractivity contribution < 1.29 is 19.2 Å². The average Bonchev–Trinajstić information content (AvgIpc) is 3.05. The minimum absolute atomic E-state index is 0.0119. The monoisotopic (exact) mass is 360 g/mol. The number of nitro benzene ring substituents is 1. The maximum Gasteiger partial charge on any atom is 0.280 e. The third-order valence-corrected chi connectivity index (χ3v) is 3.91. The molecule has 0 saturated heterocycles. The second-order valence-electron chi connectivity index (χ2n) is 5.16. The van der Waals surface area contributed by atoms with Gasteiger partial charge < -0.3 is 14.8 Å². The number of hydrogen-bond acceptors (Lipinski definition) is 5. The van der Waals surface area contributed by atoms with E-state index in [0.29, 0.717) is 16.5 Å². The van der Waals surface area contributed by atoms with E-state index in [1.165, 1.54) is 24.3 Å². The summed E-state index contributed by atoms with van der Waals surface area (Å²) in [6, 6.07) is 9.90. The number of nitrogens with zero attached hydrogens (tertiary/aromatic N) is 1. The van der Waals surface area contributed by atoms with Crippen LogP contribution in [0.3, 0.4) is 0 Å². The van der Waals surface area contributed by atoms with Gasteiger partial charge in [-0.05, 0) is 23.8 Å². The molecule has 1 aliphatic heterocycles. The van der Waals surface area contributed by atoms with Gasteiger partial charge >= 0.3 is 0 Å². The molecule has 0 unspecified atom stereocenters. The summed E-state index contributed by atoms with van der Waals surface area (Å²) in [5.41, 5.74) is 0.863. The highest BCUT2D eigenvalue weighted by Gasteiger charge is 2.22. The molecule has 25 heavy (non-hydrogen) atoms. The molecular weight excluding hydrogens is 348 g/mol. The Kier molecular flexibility index (Phi) is 4.85. The number of fused-ring (bicyclic) bond motifs is 1. The normalized spacial score (nSPS) is 12.4. The van der Waals surface area contributed by atoms with Crippen LogP contribution in [0, 0.1) is 10.1 Å². The Morgan fingerprint density at radius 2 is 2.00 bits per heavy atom. The van der Waals surface area contributed by atoms with E-state index in [4.69, 9.17) is 21.1 Å². The highest BCUT2D eigenvalue weighted by molar-refractivity contribution is 6.31. The molecule has 0 atom stereocenters. The largest absolute Gasteiger partial charge is 0.454 e. The Hall–Kier alpha value is -3.06. The van der Waals surface area contributed by atoms with Gasteiger partial charge in [-0.15, -0.1) is 0 Å². The first-order chi connectivity index (χ1) is 12.0. The molecule has 7 nitrogen and oxygen atoms in total. The summed E-state index contributed by atoms with van der Waals surface area (Å²) in [7, 11) is 0. The van der Waals surface area contributed by atoms with Crippen LogP contribution in [0.25, 0.3) is 6.08 Å². The summed E-state index contributed by atoms with van der Waals surface area (Å²) < 4.78 is 10.3. The number of amides is 1. The topological polar surface area (TPSA) is 90.7 Å². The van der Waals surface area contributed by atoms with Crippen LogP contribution in [0.1, 0.15) is 11.1 Å². The minimum Gasteiger partial charge on any atom is -0.454 e. The number of benzene rings is 2. The highest BCUT2D eigenvalue weighted by atomic mass is 35.5. The van der Waals surface area contributed by atoms with Gasteiger partial charge in [0.1, 0.15) is 0 Å². The second-order valence-corrected chi connectivity index (χ2v) is 5.57. The number of carbonyl (C=O) groups excluding carboxylic acids is 1. The van der Waals surface area contributed by atoms with Gasteiger partial charge in [0.2, 0.25) is 12.7 Å². The van der Waals surface area contributed by atoms with Crippen LogP contribution >= 0.6 is 11.6 Å². The first-order valence-electron chi connectivity index (χ1n) is 7.32. The SMILES string of the molecule is O=C(/C=C/c1cc2c(cc1[N+](=O)[O-])OCO2)NCc1ccccc1Cl. The van der Waals surface area contributed by atoms with Gasteiger partial charge in [0, 0.05) is 17.6 Å². The van der Waals surface area contributed by atoms with Crippen molar-refractivity contribution in [2.45, 2.75) is 6.54 Å². The second kappa shape index (κ2) is 7.23. The van der Waals surface area contributed by atoms with Crippen molar-refractivity contribution in [3.8, 4) is 11.5 Å². The Morgan fingerprint density at radius 1 is 1.28 bits per heavy atom. The molecule has 2 aromatic rings. The van der Waals surface area contributed by atoms with Gasteiger partial charge in [0.25, 0.3) is 5.69 Å². The first-order valence-corrected chi connectivity index (χ1v) is 7.70. The molecule has 1 amide bonds. The minimum atomic E-state index is -0.538. The molecule has 2 aromatic carbocycles. The molecule has 8 heteroatoms. The predicted molar refractivity (Wildman–Crippen MR) is 91.6 cm³/mol.